The lowest BCUT2D eigenvalue weighted by molar-refractivity contribution is -0.141. The maximum Gasteiger partial charge on any atom is 0.433 e. The number of para-hydroxylation sites is 2. The number of nitrogens with one attached hydrogen (secondary N) is 1. The van der Waals surface area contributed by atoms with E-state index in [1.165, 1.54) is 0 Å². The van der Waals surface area contributed by atoms with Gasteiger partial charge in [-0.3, -0.25) is 8.79 Å². The molecule has 144 valence electrons. The summed E-state index contributed by atoms with van der Waals surface area (Å²) < 4.78 is 53.9. The summed E-state index contributed by atoms with van der Waals surface area (Å²) in [4.78, 5) is 7.96. The van der Waals surface area contributed by atoms with Gasteiger partial charge in [-0.15, -0.1) is 0 Å². The maximum absolute atomic E-state index is 13.4. The van der Waals surface area contributed by atoms with Gasteiger partial charge in [-0.1, -0.05) is 24.3 Å². The predicted molar refractivity (Wildman–Crippen MR) is 100 cm³/mol. The van der Waals surface area contributed by atoms with Gasteiger partial charge in [-0.25, -0.2) is 9.97 Å². The molecule has 0 bridgehead atoms. The van der Waals surface area contributed by atoms with Crippen LogP contribution in [0.4, 0.5) is 23.2 Å². The zero-order chi connectivity index (χ0) is 19.7. The van der Waals surface area contributed by atoms with E-state index in [0.29, 0.717) is 35.3 Å². The van der Waals surface area contributed by atoms with Crippen molar-refractivity contribution in [2.45, 2.75) is 12.6 Å². The number of aromatic nitrogens is 3. The molecule has 1 N–H and O–H groups in total. The van der Waals surface area contributed by atoms with Crippen molar-refractivity contribution in [3.05, 3.63) is 60.3 Å². The molecule has 2 heterocycles. The normalized spacial score (nSPS) is 12.0. The third-order valence-corrected chi connectivity index (χ3v) is 4.39. The third kappa shape index (κ3) is 3.37. The monoisotopic (exact) mass is 388 g/mol. The molecule has 8 heteroatoms. The third-order valence-electron chi connectivity index (χ3n) is 4.39. The highest BCUT2D eigenvalue weighted by molar-refractivity contribution is 5.83. The van der Waals surface area contributed by atoms with Gasteiger partial charge in [-0.05, 0) is 42.3 Å². The van der Waals surface area contributed by atoms with Gasteiger partial charge in [0, 0.05) is 12.2 Å². The Morgan fingerprint density at radius 2 is 1.71 bits per heavy atom. The van der Waals surface area contributed by atoms with E-state index < -0.39 is 18.5 Å². The number of imidazole rings is 1. The van der Waals surface area contributed by atoms with Crippen molar-refractivity contribution < 1.29 is 17.6 Å². The van der Waals surface area contributed by atoms with Crippen LogP contribution in [0.25, 0.3) is 28.1 Å². The molecule has 0 amide bonds. The molecule has 4 rings (SSSR count). The molecule has 0 fully saturated rings. The van der Waals surface area contributed by atoms with Crippen LogP contribution in [-0.4, -0.2) is 27.6 Å². The summed E-state index contributed by atoms with van der Waals surface area (Å²) in [6.45, 7) is 0.0771. The van der Waals surface area contributed by atoms with E-state index in [-0.39, 0.29) is 5.78 Å². The quantitative estimate of drug-likeness (QED) is 0.371. The molecule has 2 aromatic carbocycles. The Labute approximate surface area is 157 Å². The molecule has 4 aromatic rings. The fraction of sp³-hybridized carbons (Fsp3) is 0.200. The molecule has 2 aromatic heterocycles. The van der Waals surface area contributed by atoms with Gasteiger partial charge in [-0.2, -0.15) is 13.2 Å². The summed E-state index contributed by atoms with van der Waals surface area (Å²) in [5.41, 5.74) is 1.97. The number of fused-ring (bicyclic) bond motifs is 3. The highest BCUT2D eigenvalue weighted by atomic mass is 19.4. The highest BCUT2D eigenvalue weighted by Crippen LogP contribution is 2.33. The van der Waals surface area contributed by atoms with Crippen LogP contribution in [-0.2, 0) is 6.18 Å². The first kappa shape index (κ1) is 18.2. The number of halogens is 4. The average Bonchev–Trinajstić information content (AvgIpc) is 3.06. The minimum Gasteiger partial charge on any atom is -0.385 e. The Kier molecular flexibility index (Phi) is 4.62. The topological polar surface area (TPSA) is 42.2 Å². The summed E-state index contributed by atoms with van der Waals surface area (Å²) in [6, 6.07) is 15.1. The number of nitrogens with zero attached hydrogens (tertiary/aromatic N) is 3. The summed E-state index contributed by atoms with van der Waals surface area (Å²) in [7, 11) is 0. The molecule has 28 heavy (non-hydrogen) atoms. The molecule has 0 atom stereocenters. The van der Waals surface area contributed by atoms with E-state index in [1.807, 2.05) is 0 Å². The molecule has 0 aliphatic rings. The van der Waals surface area contributed by atoms with Crippen molar-refractivity contribution in [1.29, 1.82) is 0 Å². The largest absolute Gasteiger partial charge is 0.433 e. The van der Waals surface area contributed by atoms with E-state index >= 15 is 0 Å². The number of hydrogen-bond donors (Lipinski definition) is 1. The Morgan fingerprint density at radius 3 is 2.43 bits per heavy atom. The maximum atomic E-state index is 13.4. The van der Waals surface area contributed by atoms with Crippen molar-refractivity contribution in [2.75, 3.05) is 18.5 Å². The SMILES string of the molecule is FCCCNc1ccc(-c2cc(C(F)(F)F)nc3nc4ccccc4n23)cc1. The molecular weight excluding hydrogens is 372 g/mol. The number of anilines is 1. The van der Waals surface area contributed by atoms with Crippen LogP contribution < -0.4 is 5.32 Å². The van der Waals surface area contributed by atoms with Crippen molar-refractivity contribution in [3.63, 3.8) is 0 Å². The lowest BCUT2D eigenvalue weighted by atomic mass is 10.1. The van der Waals surface area contributed by atoms with Crippen LogP contribution in [0.5, 0.6) is 0 Å². The Bertz CT molecular complexity index is 1120. The number of rotatable bonds is 5. The fourth-order valence-corrected chi connectivity index (χ4v) is 3.08. The molecule has 0 saturated heterocycles. The van der Waals surface area contributed by atoms with Gasteiger partial charge < -0.3 is 5.32 Å². The van der Waals surface area contributed by atoms with Gasteiger partial charge in [0.1, 0.15) is 0 Å². The zero-order valence-electron chi connectivity index (χ0n) is 14.7. The second kappa shape index (κ2) is 7.10. The van der Waals surface area contributed by atoms with Gasteiger partial charge >= 0.3 is 6.18 Å². The number of alkyl halides is 4. The molecule has 0 unspecified atom stereocenters. The standard InChI is InChI=1S/C20H16F4N4/c21-10-3-11-25-14-8-6-13(7-9-14)17-12-18(20(22,23)24)27-19-26-15-4-1-2-5-16(15)28(17)19/h1-2,4-9,12,25H,3,10-11H2. The molecular formula is C20H16F4N4. The molecule has 0 spiro atoms. The van der Waals surface area contributed by atoms with Gasteiger partial charge in [0.25, 0.3) is 0 Å². The summed E-state index contributed by atoms with van der Waals surface area (Å²) >= 11 is 0. The van der Waals surface area contributed by atoms with E-state index in [2.05, 4.69) is 15.3 Å². The van der Waals surface area contributed by atoms with Crippen LogP contribution in [0.3, 0.4) is 0 Å². The van der Waals surface area contributed by atoms with Gasteiger partial charge in [0.15, 0.2) is 5.69 Å². The van der Waals surface area contributed by atoms with Crippen molar-refractivity contribution in [2.24, 2.45) is 0 Å². The van der Waals surface area contributed by atoms with Gasteiger partial charge in [0.2, 0.25) is 5.78 Å². The summed E-state index contributed by atoms with van der Waals surface area (Å²) in [5.74, 6) is -0.00354. The Balaban J connectivity index is 1.86. The minimum absolute atomic E-state index is 0.00354. The van der Waals surface area contributed by atoms with E-state index in [9.17, 15) is 17.6 Å². The van der Waals surface area contributed by atoms with E-state index in [4.69, 9.17) is 0 Å². The van der Waals surface area contributed by atoms with Crippen LogP contribution in [0.15, 0.2) is 54.6 Å². The molecule has 0 saturated carbocycles. The molecule has 0 aliphatic carbocycles. The van der Waals surface area contributed by atoms with Crippen molar-refractivity contribution >= 4 is 22.5 Å². The van der Waals surface area contributed by atoms with Crippen LogP contribution in [0.1, 0.15) is 12.1 Å². The fourth-order valence-electron chi connectivity index (χ4n) is 3.08. The average molecular weight is 388 g/mol. The van der Waals surface area contributed by atoms with E-state index in [1.54, 1.807) is 52.9 Å². The lowest BCUT2D eigenvalue weighted by Crippen LogP contribution is -2.10. The molecule has 4 nitrogen and oxygen atoms in total. The van der Waals surface area contributed by atoms with Crippen molar-refractivity contribution in [1.82, 2.24) is 14.4 Å². The lowest BCUT2D eigenvalue weighted by Gasteiger charge is -2.12. The zero-order valence-corrected chi connectivity index (χ0v) is 14.7. The summed E-state index contributed by atoms with van der Waals surface area (Å²) in [6.07, 6.45) is -4.19. The first-order valence-corrected chi connectivity index (χ1v) is 8.73. The smallest absolute Gasteiger partial charge is 0.385 e. The predicted octanol–water partition coefficient (Wildman–Crippen LogP) is 5.34. The van der Waals surface area contributed by atoms with Crippen LogP contribution >= 0.6 is 0 Å². The highest BCUT2D eigenvalue weighted by Gasteiger charge is 2.34. The summed E-state index contributed by atoms with van der Waals surface area (Å²) in [5, 5.41) is 3.07. The second-order valence-electron chi connectivity index (χ2n) is 6.31. The number of hydrogen-bond acceptors (Lipinski definition) is 3. The minimum atomic E-state index is -4.58. The molecule has 0 aliphatic heterocycles. The Hall–Kier alpha value is -3.16. The number of benzene rings is 2. The van der Waals surface area contributed by atoms with Gasteiger partial charge in [0.05, 0.1) is 23.4 Å². The molecule has 0 radical (unpaired) electrons. The Morgan fingerprint density at radius 1 is 0.964 bits per heavy atom. The first-order chi connectivity index (χ1) is 13.5. The first-order valence-electron chi connectivity index (χ1n) is 8.73. The second-order valence-corrected chi connectivity index (χ2v) is 6.31. The van der Waals surface area contributed by atoms with Crippen molar-refractivity contribution in [3.8, 4) is 11.3 Å². The van der Waals surface area contributed by atoms with Crippen LogP contribution in [0.2, 0.25) is 0 Å². The van der Waals surface area contributed by atoms with Crippen LogP contribution in [0, 0.1) is 0 Å². The van der Waals surface area contributed by atoms with E-state index in [0.717, 1.165) is 11.8 Å².